The van der Waals surface area contributed by atoms with Gasteiger partial charge in [-0.25, -0.2) is 9.78 Å². The van der Waals surface area contributed by atoms with Crippen LogP contribution in [0.4, 0.5) is 0 Å². The Morgan fingerprint density at radius 1 is 1.22 bits per heavy atom. The van der Waals surface area contributed by atoms with E-state index in [0.29, 0.717) is 9.88 Å². The van der Waals surface area contributed by atoms with Crippen molar-refractivity contribution in [2.24, 2.45) is 0 Å². The zero-order valence-electron chi connectivity index (χ0n) is 13.0. The maximum atomic E-state index is 12.2. The Labute approximate surface area is 137 Å². The monoisotopic (exact) mass is 345 g/mol. The second kappa shape index (κ2) is 9.18. The molecule has 0 saturated heterocycles. The van der Waals surface area contributed by atoms with Gasteiger partial charge in [-0.05, 0) is 6.92 Å². The third-order valence-electron chi connectivity index (χ3n) is 2.75. The van der Waals surface area contributed by atoms with Crippen molar-refractivity contribution in [3.05, 3.63) is 16.1 Å². The second-order valence-electron chi connectivity index (χ2n) is 4.58. The van der Waals surface area contributed by atoms with E-state index in [1.165, 1.54) is 31.8 Å². The Balaban J connectivity index is 2.74. The lowest BCUT2D eigenvalue weighted by Gasteiger charge is -2.20. The number of aromatic nitrogens is 1. The summed E-state index contributed by atoms with van der Waals surface area (Å²) >= 11 is 1.18. The zero-order chi connectivity index (χ0) is 17.4. The Morgan fingerprint density at radius 3 is 2.30 bits per heavy atom. The van der Waals surface area contributed by atoms with Gasteiger partial charge in [0.25, 0.3) is 5.91 Å². The molecule has 128 valence electrons. The summed E-state index contributed by atoms with van der Waals surface area (Å²) in [5.74, 6) is -2.39. The molecule has 9 nitrogen and oxygen atoms in total. The van der Waals surface area contributed by atoms with Crippen molar-refractivity contribution >= 4 is 29.1 Å². The quantitative estimate of drug-likeness (QED) is 0.546. The molecule has 0 aromatic carbocycles. The molecule has 0 fully saturated rings. The maximum absolute atomic E-state index is 12.2. The van der Waals surface area contributed by atoms with E-state index in [1.807, 2.05) is 0 Å². The topological polar surface area (TPSA) is 127 Å². The van der Waals surface area contributed by atoms with Gasteiger partial charge < -0.3 is 25.2 Å². The number of hydrogen-bond donors (Lipinski definition) is 3. The molecule has 1 heterocycles. The van der Waals surface area contributed by atoms with Gasteiger partial charge in [-0.1, -0.05) is 0 Å². The number of ether oxygens (including phenoxy) is 2. The normalized spacial score (nSPS) is 13.2. The smallest absolute Gasteiger partial charge is 0.328 e. The third kappa shape index (κ3) is 5.93. The van der Waals surface area contributed by atoms with Crippen molar-refractivity contribution in [2.75, 3.05) is 27.4 Å². The van der Waals surface area contributed by atoms with E-state index < -0.39 is 29.9 Å². The van der Waals surface area contributed by atoms with Crippen molar-refractivity contribution in [2.45, 2.75) is 19.0 Å². The molecule has 0 aliphatic carbocycles. The minimum absolute atomic E-state index is 0.102. The predicted octanol–water partition coefficient (Wildman–Crippen LogP) is -0.588. The van der Waals surface area contributed by atoms with Crippen LogP contribution < -0.4 is 10.6 Å². The Bertz CT molecular complexity index is 562. The van der Waals surface area contributed by atoms with Gasteiger partial charge in [-0.3, -0.25) is 9.59 Å². The molecule has 3 N–H and O–H groups in total. The molecular weight excluding hydrogens is 326 g/mol. The van der Waals surface area contributed by atoms with Crippen LogP contribution in [0, 0.1) is 6.92 Å². The van der Waals surface area contributed by atoms with Gasteiger partial charge in [0.1, 0.15) is 10.9 Å². The molecule has 1 rings (SSSR count). The first-order valence-corrected chi connectivity index (χ1v) is 7.45. The molecule has 0 radical (unpaired) electrons. The van der Waals surface area contributed by atoms with Gasteiger partial charge in [-0.15, -0.1) is 11.3 Å². The van der Waals surface area contributed by atoms with Gasteiger partial charge in [0.05, 0.1) is 24.4 Å². The summed E-state index contributed by atoms with van der Waals surface area (Å²) in [6, 6.07) is -2.25. The van der Waals surface area contributed by atoms with Crippen LogP contribution in [0.5, 0.6) is 0 Å². The number of methoxy groups -OCH3 is 2. The SMILES string of the molecule is COC[C@H](NC(=O)[C@H](COC)NC(=O)c1cnc(C)s1)C(=O)O. The minimum Gasteiger partial charge on any atom is -0.480 e. The van der Waals surface area contributed by atoms with Crippen LogP contribution in [-0.2, 0) is 19.1 Å². The number of rotatable bonds is 9. The van der Waals surface area contributed by atoms with Crippen LogP contribution in [0.25, 0.3) is 0 Å². The van der Waals surface area contributed by atoms with Crippen molar-refractivity contribution in [3.63, 3.8) is 0 Å². The van der Waals surface area contributed by atoms with Gasteiger partial charge in [0.2, 0.25) is 5.91 Å². The highest BCUT2D eigenvalue weighted by Crippen LogP contribution is 2.11. The lowest BCUT2D eigenvalue weighted by Crippen LogP contribution is -2.54. The molecule has 2 atom stereocenters. The molecule has 0 aliphatic heterocycles. The zero-order valence-corrected chi connectivity index (χ0v) is 13.8. The number of hydrogen-bond acceptors (Lipinski definition) is 7. The van der Waals surface area contributed by atoms with Crippen molar-refractivity contribution in [1.29, 1.82) is 0 Å². The fourth-order valence-corrected chi connectivity index (χ4v) is 2.34. The summed E-state index contributed by atoms with van der Waals surface area (Å²) in [5.41, 5.74) is 0. The van der Waals surface area contributed by atoms with Crippen molar-refractivity contribution in [3.8, 4) is 0 Å². The number of nitrogens with one attached hydrogen (secondary N) is 2. The van der Waals surface area contributed by atoms with E-state index in [1.54, 1.807) is 6.92 Å². The summed E-state index contributed by atoms with van der Waals surface area (Å²) in [4.78, 5) is 39.6. The highest BCUT2D eigenvalue weighted by Gasteiger charge is 2.27. The molecule has 0 saturated carbocycles. The summed E-state index contributed by atoms with van der Waals surface area (Å²) in [6.07, 6.45) is 1.40. The summed E-state index contributed by atoms with van der Waals surface area (Å²) in [6.45, 7) is 1.46. The van der Waals surface area contributed by atoms with Crippen LogP contribution >= 0.6 is 11.3 Å². The Morgan fingerprint density at radius 2 is 1.83 bits per heavy atom. The molecule has 2 amide bonds. The van der Waals surface area contributed by atoms with Crippen molar-refractivity contribution < 1.29 is 29.0 Å². The van der Waals surface area contributed by atoms with E-state index in [0.717, 1.165) is 0 Å². The number of nitrogens with zero attached hydrogens (tertiary/aromatic N) is 1. The van der Waals surface area contributed by atoms with Crippen LogP contribution in [0.15, 0.2) is 6.20 Å². The molecule has 0 unspecified atom stereocenters. The first-order chi connectivity index (χ1) is 10.9. The molecule has 10 heteroatoms. The van der Waals surface area contributed by atoms with Gasteiger partial charge in [0, 0.05) is 14.2 Å². The number of aryl methyl sites for hydroxylation is 1. The fraction of sp³-hybridized carbons (Fsp3) is 0.538. The minimum atomic E-state index is -1.24. The van der Waals surface area contributed by atoms with E-state index in [9.17, 15) is 14.4 Å². The van der Waals surface area contributed by atoms with Crippen LogP contribution in [0.1, 0.15) is 14.7 Å². The largest absolute Gasteiger partial charge is 0.480 e. The Kier molecular flexibility index (Phi) is 7.59. The predicted molar refractivity (Wildman–Crippen MR) is 81.4 cm³/mol. The van der Waals surface area contributed by atoms with Crippen LogP contribution in [0.2, 0.25) is 0 Å². The number of carbonyl (C=O) groups excluding carboxylic acids is 2. The molecular formula is C13H19N3O6S. The standard InChI is InChI=1S/C13H19N3O6S/c1-7-14-4-10(23-7)12(18)15-8(5-21-2)11(17)16-9(6-22-3)13(19)20/h4,8-9H,5-6H2,1-3H3,(H,15,18)(H,16,17)(H,19,20)/t8-,9-/m0/s1. The molecule has 0 bridgehead atoms. The highest BCUT2D eigenvalue weighted by atomic mass is 32.1. The summed E-state index contributed by atoms with van der Waals surface area (Å²) < 4.78 is 9.64. The lowest BCUT2D eigenvalue weighted by atomic mass is 10.2. The molecule has 0 spiro atoms. The number of amides is 2. The molecule has 0 aliphatic rings. The summed E-state index contributed by atoms with van der Waals surface area (Å²) in [5, 5.41) is 14.5. The molecule has 1 aromatic rings. The van der Waals surface area contributed by atoms with Crippen molar-refractivity contribution in [1.82, 2.24) is 15.6 Å². The second-order valence-corrected chi connectivity index (χ2v) is 5.81. The lowest BCUT2D eigenvalue weighted by molar-refractivity contribution is -0.143. The van der Waals surface area contributed by atoms with Gasteiger partial charge in [-0.2, -0.15) is 0 Å². The fourth-order valence-electron chi connectivity index (χ4n) is 1.66. The van der Waals surface area contributed by atoms with Crippen LogP contribution in [-0.4, -0.2) is 67.4 Å². The van der Waals surface area contributed by atoms with E-state index in [2.05, 4.69) is 15.6 Å². The van der Waals surface area contributed by atoms with Crippen LogP contribution in [0.3, 0.4) is 0 Å². The van der Waals surface area contributed by atoms with E-state index in [4.69, 9.17) is 14.6 Å². The molecule has 1 aromatic heterocycles. The van der Waals surface area contributed by atoms with Gasteiger partial charge >= 0.3 is 5.97 Å². The van der Waals surface area contributed by atoms with E-state index in [-0.39, 0.29) is 13.2 Å². The maximum Gasteiger partial charge on any atom is 0.328 e. The average Bonchev–Trinajstić information content (AvgIpc) is 2.92. The summed E-state index contributed by atoms with van der Waals surface area (Å²) in [7, 11) is 2.69. The number of carboxylic acid groups (broad SMARTS) is 1. The van der Waals surface area contributed by atoms with E-state index >= 15 is 0 Å². The number of aliphatic carboxylic acids is 1. The first-order valence-electron chi connectivity index (χ1n) is 6.63. The highest BCUT2D eigenvalue weighted by molar-refractivity contribution is 7.13. The molecule has 23 heavy (non-hydrogen) atoms. The first kappa shape index (κ1) is 19.0. The number of carbonyl (C=O) groups is 3. The average molecular weight is 345 g/mol. The third-order valence-corrected chi connectivity index (χ3v) is 3.66. The Hall–Kier alpha value is -2.04. The number of thiazole rings is 1. The van der Waals surface area contributed by atoms with Gasteiger partial charge in [0.15, 0.2) is 6.04 Å². The number of carboxylic acids is 1.